The van der Waals surface area contributed by atoms with Crippen molar-refractivity contribution in [1.82, 2.24) is 10.3 Å². The monoisotopic (exact) mass is 217 g/mol. The predicted molar refractivity (Wildman–Crippen MR) is 59.6 cm³/mol. The molecule has 1 heterocycles. The lowest BCUT2D eigenvalue weighted by Crippen LogP contribution is -2.16. The second-order valence-electron chi connectivity index (χ2n) is 3.19. The molecule has 6 heteroatoms. The number of nitrogen functional groups attached to an aromatic ring is 1. The Bertz CT molecular complexity index is 491. The maximum atomic E-state index is 5.70. The first-order chi connectivity index (χ1) is 7.77. The normalized spacial score (nSPS) is 11.6. The quantitative estimate of drug-likeness (QED) is 0.577. The number of amidine groups is 1. The van der Waals surface area contributed by atoms with Crippen molar-refractivity contribution >= 4 is 11.7 Å². The number of hydrogen-bond donors (Lipinski definition) is 2. The molecule has 1 aromatic carbocycles. The number of anilines is 1. The van der Waals surface area contributed by atoms with Gasteiger partial charge in [-0.25, -0.2) is 4.63 Å². The third-order valence-corrected chi connectivity index (χ3v) is 2.03. The summed E-state index contributed by atoms with van der Waals surface area (Å²) in [6.45, 7) is 0.471. The van der Waals surface area contributed by atoms with Gasteiger partial charge in [-0.2, -0.15) is 0 Å². The third-order valence-electron chi connectivity index (χ3n) is 2.03. The van der Waals surface area contributed by atoms with Gasteiger partial charge < -0.3 is 11.5 Å². The van der Waals surface area contributed by atoms with Gasteiger partial charge >= 0.3 is 0 Å². The van der Waals surface area contributed by atoms with Crippen LogP contribution in [0.5, 0.6) is 0 Å². The van der Waals surface area contributed by atoms with E-state index < -0.39 is 0 Å². The second kappa shape index (κ2) is 4.43. The van der Waals surface area contributed by atoms with Crippen LogP contribution in [-0.2, 0) is 6.54 Å². The van der Waals surface area contributed by atoms with Gasteiger partial charge in [0.05, 0.1) is 6.54 Å². The largest absolute Gasteiger partial charge is 0.382 e. The highest BCUT2D eigenvalue weighted by molar-refractivity contribution is 5.99. The zero-order valence-electron chi connectivity index (χ0n) is 8.50. The summed E-state index contributed by atoms with van der Waals surface area (Å²) >= 11 is 0. The van der Waals surface area contributed by atoms with Crippen molar-refractivity contribution in [3.8, 4) is 0 Å². The molecule has 0 aliphatic rings. The standard InChI is InChI=1S/C10H11N5O/c11-9(8-10(12)15-16-14-8)13-6-7-4-2-1-3-5-7/h1-5H,6H2,(H2,11,13)(H2,12,15). The van der Waals surface area contributed by atoms with Crippen molar-refractivity contribution in [2.45, 2.75) is 6.54 Å². The van der Waals surface area contributed by atoms with Crippen LogP contribution in [0.3, 0.4) is 0 Å². The zero-order chi connectivity index (χ0) is 11.4. The minimum Gasteiger partial charge on any atom is -0.382 e. The lowest BCUT2D eigenvalue weighted by molar-refractivity contribution is 0.308. The zero-order valence-corrected chi connectivity index (χ0v) is 8.50. The van der Waals surface area contributed by atoms with E-state index in [0.717, 1.165) is 5.56 Å². The Morgan fingerprint density at radius 2 is 2.00 bits per heavy atom. The average molecular weight is 217 g/mol. The van der Waals surface area contributed by atoms with Crippen LogP contribution in [0.25, 0.3) is 0 Å². The summed E-state index contributed by atoms with van der Waals surface area (Å²) in [5.74, 6) is 0.372. The minimum atomic E-state index is 0.148. The molecular formula is C10H11N5O. The Morgan fingerprint density at radius 1 is 1.25 bits per heavy atom. The highest BCUT2D eigenvalue weighted by Gasteiger charge is 2.09. The molecule has 2 aromatic rings. The molecule has 16 heavy (non-hydrogen) atoms. The van der Waals surface area contributed by atoms with Gasteiger partial charge in [-0.05, 0) is 15.9 Å². The first kappa shape index (κ1) is 10.2. The van der Waals surface area contributed by atoms with Crippen LogP contribution >= 0.6 is 0 Å². The van der Waals surface area contributed by atoms with E-state index in [-0.39, 0.29) is 17.3 Å². The summed E-state index contributed by atoms with van der Waals surface area (Å²) in [5, 5.41) is 6.98. The molecule has 0 unspecified atom stereocenters. The van der Waals surface area contributed by atoms with Crippen molar-refractivity contribution in [3.05, 3.63) is 41.6 Å². The fraction of sp³-hybridized carbons (Fsp3) is 0.100. The van der Waals surface area contributed by atoms with E-state index in [1.54, 1.807) is 0 Å². The smallest absolute Gasteiger partial charge is 0.199 e. The van der Waals surface area contributed by atoms with Gasteiger partial charge in [-0.15, -0.1) is 0 Å². The Hall–Kier alpha value is -2.37. The number of aliphatic imine (C=N–C) groups is 1. The lowest BCUT2D eigenvalue weighted by Gasteiger charge is -1.97. The highest BCUT2D eigenvalue weighted by Crippen LogP contribution is 2.05. The van der Waals surface area contributed by atoms with Gasteiger partial charge in [0.15, 0.2) is 17.3 Å². The van der Waals surface area contributed by atoms with E-state index in [0.29, 0.717) is 6.54 Å². The van der Waals surface area contributed by atoms with Crippen LogP contribution in [-0.4, -0.2) is 16.1 Å². The molecule has 82 valence electrons. The SMILES string of the molecule is NC(=NCc1ccccc1)c1nonc1N. The summed E-state index contributed by atoms with van der Waals surface area (Å²) in [7, 11) is 0. The van der Waals surface area contributed by atoms with E-state index >= 15 is 0 Å². The Morgan fingerprint density at radius 3 is 2.62 bits per heavy atom. The lowest BCUT2D eigenvalue weighted by atomic mass is 10.2. The summed E-state index contributed by atoms with van der Waals surface area (Å²) in [6, 6.07) is 9.73. The molecule has 0 aliphatic heterocycles. The van der Waals surface area contributed by atoms with Crippen molar-refractivity contribution in [2.75, 3.05) is 5.73 Å². The summed E-state index contributed by atoms with van der Waals surface area (Å²) < 4.78 is 4.43. The Labute approximate surface area is 91.9 Å². The Balaban J connectivity index is 2.12. The van der Waals surface area contributed by atoms with Crippen molar-refractivity contribution in [2.24, 2.45) is 10.7 Å². The number of nitrogens with two attached hydrogens (primary N) is 2. The van der Waals surface area contributed by atoms with Gasteiger partial charge in [0, 0.05) is 0 Å². The average Bonchev–Trinajstić information content (AvgIpc) is 2.74. The molecule has 0 bridgehead atoms. The molecule has 0 atom stereocenters. The van der Waals surface area contributed by atoms with E-state index in [2.05, 4.69) is 19.9 Å². The molecule has 6 nitrogen and oxygen atoms in total. The molecule has 0 amide bonds. The number of benzene rings is 1. The molecule has 1 aromatic heterocycles. The molecule has 2 rings (SSSR count). The topological polar surface area (TPSA) is 103 Å². The molecule has 4 N–H and O–H groups in total. The summed E-state index contributed by atoms with van der Waals surface area (Å²) in [6.07, 6.45) is 0. The molecule has 0 saturated heterocycles. The van der Waals surface area contributed by atoms with Gasteiger partial charge in [0.1, 0.15) is 0 Å². The number of rotatable bonds is 3. The van der Waals surface area contributed by atoms with E-state index in [9.17, 15) is 0 Å². The molecule has 0 spiro atoms. The number of aromatic nitrogens is 2. The first-order valence-corrected chi connectivity index (χ1v) is 4.69. The van der Waals surface area contributed by atoms with Crippen LogP contribution in [0.1, 0.15) is 11.3 Å². The van der Waals surface area contributed by atoms with Crippen LogP contribution < -0.4 is 11.5 Å². The third kappa shape index (κ3) is 2.17. The molecule has 0 fully saturated rings. The van der Waals surface area contributed by atoms with Gasteiger partial charge in [0.25, 0.3) is 0 Å². The highest BCUT2D eigenvalue weighted by atomic mass is 16.6. The maximum Gasteiger partial charge on any atom is 0.199 e. The van der Waals surface area contributed by atoms with Crippen molar-refractivity contribution in [3.63, 3.8) is 0 Å². The van der Waals surface area contributed by atoms with Crippen LogP contribution in [0.15, 0.2) is 40.0 Å². The minimum absolute atomic E-state index is 0.148. The van der Waals surface area contributed by atoms with Crippen LogP contribution in [0.2, 0.25) is 0 Å². The maximum absolute atomic E-state index is 5.70. The number of nitrogens with zero attached hydrogens (tertiary/aromatic N) is 3. The summed E-state index contributed by atoms with van der Waals surface area (Å²) in [4.78, 5) is 4.15. The van der Waals surface area contributed by atoms with Crippen molar-refractivity contribution in [1.29, 1.82) is 0 Å². The predicted octanol–water partition coefficient (Wildman–Crippen LogP) is 0.557. The summed E-state index contributed by atoms with van der Waals surface area (Å²) in [5.41, 5.74) is 12.5. The van der Waals surface area contributed by atoms with Gasteiger partial charge in [-0.1, -0.05) is 30.3 Å². The van der Waals surface area contributed by atoms with Crippen molar-refractivity contribution < 1.29 is 4.63 Å². The van der Waals surface area contributed by atoms with E-state index in [1.165, 1.54) is 0 Å². The van der Waals surface area contributed by atoms with Crippen LogP contribution in [0.4, 0.5) is 5.82 Å². The van der Waals surface area contributed by atoms with Gasteiger partial charge in [0.2, 0.25) is 0 Å². The van der Waals surface area contributed by atoms with Crippen LogP contribution in [0, 0.1) is 0 Å². The van der Waals surface area contributed by atoms with E-state index in [1.807, 2.05) is 30.3 Å². The molecule has 0 saturated carbocycles. The fourth-order valence-corrected chi connectivity index (χ4v) is 1.21. The van der Waals surface area contributed by atoms with E-state index in [4.69, 9.17) is 11.5 Å². The van der Waals surface area contributed by atoms with Gasteiger partial charge in [-0.3, -0.25) is 4.99 Å². The molecule has 0 radical (unpaired) electrons. The number of hydrogen-bond acceptors (Lipinski definition) is 5. The second-order valence-corrected chi connectivity index (χ2v) is 3.19. The molecular weight excluding hydrogens is 206 g/mol. The first-order valence-electron chi connectivity index (χ1n) is 4.69. The Kier molecular flexibility index (Phi) is 2.81. The fourth-order valence-electron chi connectivity index (χ4n) is 1.21. The molecule has 0 aliphatic carbocycles.